The molecule has 0 atom stereocenters. The van der Waals surface area contributed by atoms with Gasteiger partial charge in [-0.05, 0) is 24.6 Å². The summed E-state index contributed by atoms with van der Waals surface area (Å²) in [4.78, 5) is 11.6. The van der Waals surface area contributed by atoms with Crippen molar-refractivity contribution >= 4 is 17.5 Å². The number of rotatable bonds is 3. The fourth-order valence-electron chi connectivity index (χ4n) is 1.93. The van der Waals surface area contributed by atoms with Crippen molar-refractivity contribution in [1.82, 2.24) is 0 Å². The molecule has 0 aromatic heterocycles. The van der Waals surface area contributed by atoms with Crippen LogP contribution in [0.2, 0.25) is 5.02 Å². The maximum absolute atomic E-state index is 11.6. The van der Waals surface area contributed by atoms with Crippen molar-refractivity contribution in [2.45, 2.75) is 12.3 Å². The first-order valence-corrected chi connectivity index (χ1v) is 5.61. The fourth-order valence-corrected chi connectivity index (χ4v) is 2.10. The fraction of sp³-hybridized carbons (Fsp3) is 0.417. The lowest BCUT2D eigenvalue weighted by Crippen LogP contribution is -2.56. The first kappa shape index (κ1) is 12.2. The van der Waals surface area contributed by atoms with E-state index in [4.69, 9.17) is 26.8 Å². The van der Waals surface area contributed by atoms with Crippen LogP contribution in [0, 0.1) is 6.92 Å². The second-order valence-corrected chi connectivity index (χ2v) is 4.65. The van der Waals surface area contributed by atoms with Crippen molar-refractivity contribution in [2.75, 3.05) is 20.3 Å². The van der Waals surface area contributed by atoms with Crippen LogP contribution in [0.15, 0.2) is 12.1 Å². The molecule has 1 saturated heterocycles. The average Bonchev–Trinajstić information content (AvgIpc) is 2.20. The van der Waals surface area contributed by atoms with Gasteiger partial charge in [0.1, 0.15) is 11.2 Å². The summed E-state index contributed by atoms with van der Waals surface area (Å²) in [6.45, 7) is 2.43. The molecule has 2 N–H and O–H groups in total. The lowest BCUT2D eigenvalue weighted by molar-refractivity contribution is -0.141. The van der Waals surface area contributed by atoms with E-state index >= 15 is 0 Å². The standard InChI is InChI=1S/C12H14ClNO3/c1-7-3-10(16-2)8(4-9(7)13)12(11(14)15)5-17-6-12/h3-4H,5-6H2,1-2H3,(H2,14,15). The number of benzene rings is 1. The van der Waals surface area contributed by atoms with Gasteiger partial charge in [0.05, 0.1) is 20.3 Å². The molecule has 1 aliphatic rings. The Morgan fingerprint density at radius 3 is 2.59 bits per heavy atom. The molecule has 1 aromatic rings. The number of aryl methyl sites for hydroxylation is 1. The van der Waals surface area contributed by atoms with Gasteiger partial charge in [-0.3, -0.25) is 4.79 Å². The maximum Gasteiger partial charge on any atom is 0.232 e. The van der Waals surface area contributed by atoms with Crippen LogP contribution in [-0.4, -0.2) is 26.2 Å². The molecule has 4 nitrogen and oxygen atoms in total. The highest BCUT2D eigenvalue weighted by atomic mass is 35.5. The third kappa shape index (κ3) is 1.77. The van der Waals surface area contributed by atoms with Crippen LogP contribution in [0.5, 0.6) is 5.75 Å². The normalized spacial score (nSPS) is 17.4. The van der Waals surface area contributed by atoms with Gasteiger partial charge in [-0.2, -0.15) is 0 Å². The average molecular weight is 256 g/mol. The molecular formula is C12H14ClNO3. The Kier molecular flexibility index (Phi) is 3.02. The van der Waals surface area contributed by atoms with Gasteiger partial charge >= 0.3 is 0 Å². The summed E-state index contributed by atoms with van der Waals surface area (Å²) in [6.07, 6.45) is 0. The third-order valence-electron chi connectivity index (χ3n) is 3.16. The minimum absolute atomic E-state index is 0.276. The Labute approximate surface area is 105 Å². The second-order valence-electron chi connectivity index (χ2n) is 4.24. The summed E-state index contributed by atoms with van der Waals surface area (Å²) in [5, 5.41) is 0.591. The van der Waals surface area contributed by atoms with Crippen LogP contribution in [-0.2, 0) is 14.9 Å². The molecule has 0 unspecified atom stereocenters. The molecule has 0 aliphatic carbocycles. The van der Waals surface area contributed by atoms with Crippen molar-refractivity contribution in [3.63, 3.8) is 0 Å². The summed E-state index contributed by atoms with van der Waals surface area (Å²) in [5.41, 5.74) is 6.25. The van der Waals surface area contributed by atoms with Crippen molar-refractivity contribution in [3.05, 3.63) is 28.3 Å². The predicted molar refractivity (Wildman–Crippen MR) is 64.4 cm³/mol. The number of hydrogen-bond donors (Lipinski definition) is 1. The van der Waals surface area contributed by atoms with Crippen LogP contribution >= 0.6 is 11.6 Å². The molecule has 0 saturated carbocycles. The highest BCUT2D eigenvalue weighted by Gasteiger charge is 2.48. The Hall–Kier alpha value is -1.26. The van der Waals surface area contributed by atoms with E-state index in [0.29, 0.717) is 16.3 Å². The number of ether oxygens (including phenoxy) is 2. The Balaban J connectivity index is 2.57. The molecule has 1 heterocycles. The number of methoxy groups -OCH3 is 1. The molecule has 0 bridgehead atoms. The van der Waals surface area contributed by atoms with E-state index in [-0.39, 0.29) is 13.2 Å². The van der Waals surface area contributed by atoms with Crippen molar-refractivity contribution in [1.29, 1.82) is 0 Å². The van der Waals surface area contributed by atoms with Gasteiger partial charge in [-0.25, -0.2) is 0 Å². The first-order chi connectivity index (χ1) is 8.01. The van der Waals surface area contributed by atoms with Crippen LogP contribution < -0.4 is 10.5 Å². The molecule has 17 heavy (non-hydrogen) atoms. The number of primary amides is 1. The number of carbonyl (C=O) groups is 1. The smallest absolute Gasteiger partial charge is 0.232 e. The summed E-state index contributed by atoms with van der Waals surface area (Å²) in [6, 6.07) is 3.55. The zero-order chi connectivity index (χ0) is 12.6. The van der Waals surface area contributed by atoms with E-state index in [9.17, 15) is 4.79 Å². The number of amides is 1. The minimum Gasteiger partial charge on any atom is -0.496 e. The number of halogens is 1. The molecule has 2 rings (SSSR count). The molecule has 1 aliphatic heterocycles. The Morgan fingerprint density at radius 1 is 1.53 bits per heavy atom. The SMILES string of the molecule is COc1cc(C)c(Cl)cc1C1(C(N)=O)COC1. The highest BCUT2D eigenvalue weighted by molar-refractivity contribution is 6.31. The number of hydrogen-bond acceptors (Lipinski definition) is 3. The third-order valence-corrected chi connectivity index (χ3v) is 3.57. The highest BCUT2D eigenvalue weighted by Crippen LogP contribution is 2.40. The molecular weight excluding hydrogens is 242 g/mol. The second kappa shape index (κ2) is 4.20. The topological polar surface area (TPSA) is 61.5 Å². The van der Waals surface area contributed by atoms with Gasteiger partial charge in [-0.1, -0.05) is 11.6 Å². The van der Waals surface area contributed by atoms with Crippen LogP contribution in [0.25, 0.3) is 0 Å². The van der Waals surface area contributed by atoms with Gasteiger partial charge in [0.15, 0.2) is 0 Å². The summed E-state index contributed by atoms with van der Waals surface area (Å²) >= 11 is 6.09. The summed E-state index contributed by atoms with van der Waals surface area (Å²) < 4.78 is 10.4. The van der Waals surface area contributed by atoms with E-state index in [1.807, 2.05) is 6.92 Å². The lowest BCUT2D eigenvalue weighted by Gasteiger charge is -2.39. The van der Waals surface area contributed by atoms with E-state index in [1.165, 1.54) is 0 Å². The van der Waals surface area contributed by atoms with E-state index in [0.717, 1.165) is 5.56 Å². The van der Waals surface area contributed by atoms with Crippen molar-refractivity contribution in [3.8, 4) is 5.75 Å². The molecule has 1 fully saturated rings. The number of nitrogens with two attached hydrogens (primary N) is 1. The monoisotopic (exact) mass is 255 g/mol. The van der Waals surface area contributed by atoms with Gasteiger partial charge in [-0.15, -0.1) is 0 Å². The van der Waals surface area contributed by atoms with Gasteiger partial charge < -0.3 is 15.2 Å². The quantitative estimate of drug-likeness (QED) is 0.888. The first-order valence-electron chi connectivity index (χ1n) is 5.23. The minimum atomic E-state index is -0.803. The zero-order valence-corrected chi connectivity index (χ0v) is 10.5. The van der Waals surface area contributed by atoms with Crippen molar-refractivity contribution in [2.24, 2.45) is 5.73 Å². The van der Waals surface area contributed by atoms with Gasteiger partial charge in [0.25, 0.3) is 0 Å². The summed E-state index contributed by atoms with van der Waals surface area (Å²) in [5.74, 6) is 0.205. The Morgan fingerprint density at radius 2 is 2.18 bits per heavy atom. The zero-order valence-electron chi connectivity index (χ0n) is 9.75. The van der Waals surface area contributed by atoms with E-state index in [1.54, 1.807) is 19.2 Å². The van der Waals surface area contributed by atoms with Gasteiger partial charge in [0.2, 0.25) is 5.91 Å². The molecule has 0 spiro atoms. The molecule has 1 aromatic carbocycles. The molecule has 92 valence electrons. The van der Waals surface area contributed by atoms with Crippen LogP contribution in [0.3, 0.4) is 0 Å². The van der Waals surface area contributed by atoms with Crippen LogP contribution in [0.4, 0.5) is 0 Å². The molecule has 5 heteroatoms. The van der Waals surface area contributed by atoms with Gasteiger partial charge in [0, 0.05) is 10.6 Å². The number of carbonyl (C=O) groups excluding carboxylic acids is 1. The lowest BCUT2D eigenvalue weighted by atomic mass is 9.77. The molecule has 0 radical (unpaired) electrons. The molecule has 1 amide bonds. The van der Waals surface area contributed by atoms with Crippen molar-refractivity contribution < 1.29 is 14.3 Å². The largest absolute Gasteiger partial charge is 0.496 e. The van der Waals surface area contributed by atoms with E-state index in [2.05, 4.69) is 0 Å². The van der Waals surface area contributed by atoms with Crippen LogP contribution in [0.1, 0.15) is 11.1 Å². The Bertz CT molecular complexity index is 469. The maximum atomic E-state index is 11.6. The van der Waals surface area contributed by atoms with E-state index < -0.39 is 11.3 Å². The summed E-state index contributed by atoms with van der Waals surface area (Å²) in [7, 11) is 1.56. The predicted octanol–water partition coefficient (Wildman–Crippen LogP) is 1.41.